The summed E-state index contributed by atoms with van der Waals surface area (Å²) in [4.78, 5) is 0.309. The quantitative estimate of drug-likeness (QED) is 0.797. The van der Waals surface area contributed by atoms with Gasteiger partial charge in [-0.05, 0) is 49.1 Å². The Morgan fingerprint density at radius 3 is 2.55 bits per heavy atom. The highest BCUT2D eigenvalue weighted by Crippen LogP contribution is 2.82. The zero-order valence-corrected chi connectivity index (χ0v) is 13.9. The van der Waals surface area contributed by atoms with Gasteiger partial charge in [0.15, 0.2) is 0 Å². The van der Waals surface area contributed by atoms with Crippen LogP contribution in [0.3, 0.4) is 0 Å². The molecule has 0 amide bonds. The van der Waals surface area contributed by atoms with Crippen molar-refractivity contribution >= 4 is 21.9 Å². The summed E-state index contributed by atoms with van der Waals surface area (Å²) < 4.78 is 31.2. The van der Waals surface area contributed by atoms with Gasteiger partial charge >= 0.3 is 0 Å². The average Bonchev–Trinajstić information content (AvgIpc) is 2.98. The third-order valence-electron chi connectivity index (χ3n) is 7.10. The fourth-order valence-electron chi connectivity index (χ4n) is 6.51. The van der Waals surface area contributed by atoms with Crippen LogP contribution in [-0.2, 0) is 14.3 Å². The molecule has 0 spiro atoms. The Morgan fingerprint density at radius 1 is 1.00 bits per heavy atom. The molecular weight excluding hydrogens is 316 g/mol. The maximum Gasteiger partial charge on any atom is 0.297 e. The Balaban J connectivity index is 1.35. The smallest absolute Gasteiger partial charge is 0.262 e. The standard InChI is InChI=1S/C17H18O3S2/c1-7-2-4-8(5-3-7)22(18,19)20-15-13-9-6-10-12-11(9)14(15)17(12)21-16(10)13/h2-5,9-17H,6H2,1H3/t9-,10+,11+,12-,13-,14-,15+,16-,17+/m0/s1. The van der Waals surface area contributed by atoms with Gasteiger partial charge in [-0.25, -0.2) is 0 Å². The van der Waals surface area contributed by atoms with Gasteiger partial charge in [-0.15, -0.1) is 0 Å². The average molecular weight is 334 g/mol. The van der Waals surface area contributed by atoms with Crippen molar-refractivity contribution in [1.82, 2.24) is 0 Å². The molecule has 0 unspecified atom stereocenters. The molecule has 1 heterocycles. The van der Waals surface area contributed by atoms with Crippen LogP contribution >= 0.6 is 11.8 Å². The first kappa shape index (κ1) is 12.8. The first-order valence-electron chi connectivity index (χ1n) is 8.22. The van der Waals surface area contributed by atoms with Crippen molar-refractivity contribution in [2.45, 2.75) is 34.8 Å². The predicted molar refractivity (Wildman–Crippen MR) is 84.0 cm³/mol. The highest BCUT2D eigenvalue weighted by Gasteiger charge is 2.82. The van der Waals surface area contributed by atoms with E-state index in [0.29, 0.717) is 27.2 Å². The van der Waals surface area contributed by atoms with Crippen molar-refractivity contribution in [2.24, 2.45) is 35.5 Å². The van der Waals surface area contributed by atoms with Gasteiger partial charge in [0.05, 0.1) is 11.0 Å². The molecule has 2 bridgehead atoms. The molecule has 3 nitrogen and oxygen atoms in total. The summed E-state index contributed by atoms with van der Waals surface area (Å²) >= 11 is 2.16. The van der Waals surface area contributed by atoms with E-state index < -0.39 is 10.1 Å². The molecule has 0 aromatic heterocycles. The van der Waals surface area contributed by atoms with Crippen molar-refractivity contribution in [2.75, 3.05) is 0 Å². The van der Waals surface area contributed by atoms with Gasteiger partial charge in [-0.2, -0.15) is 20.2 Å². The summed E-state index contributed by atoms with van der Waals surface area (Å²) in [6.07, 6.45) is 1.30. The van der Waals surface area contributed by atoms with Crippen molar-refractivity contribution in [3.63, 3.8) is 0 Å². The Kier molecular flexibility index (Phi) is 2.19. The zero-order chi connectivity index (χ0) is 14.8. The summed E-state index contributed by atoms with van der Waals surface area (Å²) in [7, 11) is -3.62. The summed E-state index contributed by atoms with van der Waals surface area (Å²) in [5.74, 6) is 4.33. The first-order valence-corrected chi connectivity index (χ1v) is 10.6. The fourth-order valence-corrected chi connectivity index (χ4v) is 10.1. The summed E-state index contributed by atoms with van der Waals surface area (Å²) in [6.45, 7) is 1.96. The molecule has 5 aliphatic rings. The lowest BCUT2D eigenvalue weighted by Gasteiger charge is -2.46. The molecule has 0 radical (unpaired) electrons. The number of hydrogen-bond acceptors (Lipinski definition) is 4. The van der Waals surface area contributed by atoms with Gasteiger partial charge in [0, 0.05) is 22.3 Å². The maximum absolute atomic E-state index is 12.7. The Bertz CT molecular complexity index is 766. The van der Waals surface area contributed by atoms with Gasteiger partial charge in [0.2, 0.25) is 0 Å². The molecule has 1 aromatic rings. The maximum atomic E-state index is 12.7. The van der Waals surface area contributed by atoms with Crippen LogP contribution in [0, 0.1) is 42.4 Å². The lowest BCUT2D eigenvalue weighted by atomic mass is 9.64. The number of aryl methyl sites for hydroxylation is 1. The van der Waals surface area contributed by atoms with Gasteiger partial charge in [0.25, 0.3) is 10.1 Å². The van der Waals surface area contributed by atoms with Gasteiger partial charge in [0.1, 0.15) is 0 Å². The minimum Gasteiger partial charge on any atom is -0.262 e. The minimum atomic E-state index is -3.62. The molecule has 6 rings (SSSR count). The van der Waals surface area contributed by atoms with Crippen LogP contribution in [0.4, 0.5) is 0 Å². The molecule has 0 N–H and O–H groups in total. The molecule has 22 heavy (non-hydrogen) atoms. The molecule has 1 aliphatic heterocycles. The van der Waals surface area contributed by atoms with Crippen LogP contribution in [0.2, 0.25) is 0 Å². The Hall–Kier alpha value is -0.520. The van der Waals surface area contributed by atoms with Crippen molar-refractivity contribution in [3.05, 3.63) is 29.8 Å². The monoisotopic (exact) mass is 334 g/mol. The number of thioether (sulfide) groups is 1. The Labute approximate surface area is 134 Å². The number of fused-ring (bicyclic) bond motifs is 2. The van der Waals surface area contributed by atoms with Crippen LogP contribution in [0.5, 0.6) is 0 Å². The molecule has 4 aliphatic carbocycles. The fraction of sp³-hybridized carbons (Fsp3) is 0.647. The van der Waals surface area contributed by atoms with E-state index in [1.54, 1.807) is 12.1 Å². The lowest BCUT2D eigenvalue weighted by Crippen LogP contribution is -2.49. The Morgan fingerprint density at radius 2 is 1.77 bits per heavy atom. The largest absolute Gasteiger partial charge is 0.297 e. The van der Waals surface area contributed by atoms with Crippen molar-refractivity contribution in [1.29, 1.82) is 0 Å². The molecule has 1 aromatic carbocycles. The van der Waals surface area contributed by atoms with E-state index in [1.165, 1.54) is 6.42 Å². The van der Waals surface area contributed by atoms with Crippen molar-refractivity contribution < 1.29 is 12.6 Å². The SMILES string of the molecule is Cc1ccc(S(=O)(=O)O[C@@H]2[C@@H]3[C@H]4C[C@H]5[C@@H]3S[C@@H]3[C@@H]5[C@@H]4[C@@H]23)cc1. The highest BCUT2D eigenvalue weighted by atomic mass is 32.2. The van der Waals surface area contributed by atoms with Crippen LogP contribution in [0.25, 0.3) is 0 Å². The summed E-state index contributed by atoms with van der Waals surface area (Å²) in [6, 6.07) is 7.02. The number of rotatable bonds is 3. The van der Waals surface area contributed by atoms with Crippen LogP contribution in [0.15, 0.2) is 29.2 Å². The molecule has 1 saturated heterocycles. The molecular formula is C17H18O3S2. The van der Waals surface area contributed by atoms with Gasteiger partial charge in [-0.3, -0.25) is 4.18 Å². The highest BCUT2D eigenvalue weighted by molar-refractivity contribution is 8.01. The molecule has 4 saturated carbocycles. The van der Waals surface area contributed by atoms with Crippen LogP contribution < -0.4 is 0 Å². The molecule has 116 valence electrons. The first-order chi connectivity index (χ1) is 10.6. The van der Waals surface area contributed by atoms with E-state index in [0.717, 1.165) is 29.2 Å². The van der Waals surface area contributed by atoms with Gasteiger partial charge in [-0.1, -0.05) is 17.7 Å². The summed E-state index contributed by atoms with van der Waals surface area (Å²) in [5, 5.41) is 1.38. The van der Waals surface area contributed by atoms with E-state index >= 15 is 0 Å². The zero-order valence-electron chi connectivity index (χ0n) is 12.3. The predicted octanol–water partition coefficient (Wildman–Crippen LogP) is 2.69. The third kappa shape index (κ3) is 1.27. The van der Waals surface area contributed by atoms with Crippen molar-refractivity contribution in [3.8, 4) is 0 Å². The summed E-state index contributed by atoms with van der Waals surface area (Å²) in [5.41, 5.74) is 1.07. The number of benzene rings is 1. The van der Waals surface area contributed by atoms with Gasteiger partial charge < -0.3 is 0 Å². The van der Waals surface area contributed by atoms with E-state index in [9.17, 15) is 8.42 Å². The van der Waals surface area contributed by atoms with Crippen LogP contribution in [-0.4, -0.2) is 25.0 Å². The minimum absolute atomic E-state index is 0.0405. The normalized spacial score (nSPS) is 52.5. The second kappa shape index (κ2) is 3.76. The second-order valence-corrected chi connectivity index (χ2v) is 10.7. The molecule has 5 heteroatoms. The van der Waals surface area contributed by atoms with E-state index in [4.69, 9.17) is 4.18 Å². The molecule has 5 fully saturated rings. The molecule has 9 atom stereocenters. The second-order valence-electron chi connectivity index (χ2n) is 7.77. The van der Waals surface area contributed by atoms with E-state index in [2.05, 4.69) is 11.8 Å². The van der Waals surface area contributed by atoms with E-state index in [1.807, 2.05) is 19.1 Å². The van der Waals surface area contributed by atoms with Crippen LogP contribution in [0.1, 0.15) is 12.0 Å². The topological polar surface area (TPSA) is 43.4 Å². The lowest BCUT2D eigenvalue weighted by molar-refractivity contribution is 0.0487. The third-order valence-corrected chi connectivity index (χ3v) is 10.3. The van der Waals surface area contributed by atoms with E-state index in [-0.39, 0.29) is 6.10 Å². The number of hydrogen-bond donors (Lipinski definition) is 0.